The van der Waals surface area contributed by atoms with Crippen LogP contribution in [0.5, 0.6) is 0 Å². The van der Waals surface area contributed by atoms with Crippen LogP contribution in [0.1, 0.15) is 31.2 Å². The molecular weight excluding hydrogens is 194 g/mol. The first-order valence-corrected chi connectivity index (χ1v) is 6.08. The van der Waals surface area contributed by atoms with Gasteiger partial charge in [-0.2, -0.15) is 0 Å². The molecule has 0 N–H and O–H groups in total. The average molecular weight is 211 g/mol. The molecule has 1 aromatic heterocycles. The van der Waals surface area contributed by atoms with Gasteiger partial charge in [-0.1, -0.05) is 29.8 Å². The van der Waals surface area contributed by atoms with Gasteiger partial charge in [-0.3, -0.25) is 0 Å². The fraction of sp³-hybridized carbons (Fsp3) is 0.333. The highest BCUT2D eigenvalue weighted by Gasteiger charge is 2.09. The second-order valence-electron chi connectivity index (χ2n) is 4.72. The maximum Gasteiger partial charge on any atom is 0.0483 e. The van der Waals surface area contributed by atoms with E-state index in [1.165, 1.54) is 42.1 Å². The Kier molecular flexibility index (Phi) is 2.32. The topological polar surface area (TPSA) is 4.93 Å². The van der Waals surface area contributed by atoms with E-state index in [4.69, 9.17) is 0 Å². The normalized spacial score (nSPS) is 15.9. The van der Waals surface area contributed by atoms with Gasteiger partial charge in [0.25, 0.3) is 0 Å². The number of para-hydroxylation sites is 1. The molecular formula is C15H17N. The average Bonchev–Trinajstić information content (AvgIpc) is 2.90. The maximum atomic E-state index is 2.40. The van der Waals surface area contributed by atoms with Gasteiger partial charge in [0.15, 0.2) is 0 Å². The van der Waals surface area contributed by atoms with E-state index in [1.807, 2.05) is 0 Å². The molecule has 1 nitrogen and oxygen atoms in total. The van der Waals surface area contributed by atoms with Crippen molar-refractivity contribution in [3.63, 3.8) is 0 Å². The lowest BCUT2D eigenvalue weighted by Crippen LogP contribution is -1.81. The first kappa shape index (κ1) is 9.71. The standard InChI is InChI=1S/C15H17N/c1-16-11-13(10-12-6-2-3-7-12)14-8-4-5-9-15(14)16/h4-5,8-11H,2-3,6-7H2,1H3. The summed E-state index contributed by atoms with van der Waals surface area (Å²) in [7, 11) is 2.12. The summed E-state index contributed by atoms with van der Waals surface area (Å²) in [6.45, 7) is 0. The van der Waals surface area contributed by atoms with Crippen LogP contribution in [0.15, 0.2) is 36.0 Å². The largest absolute Gasteiger partial charge is 0.350 e. The fourth-order valence-electron chi connectivity index (χ4n) is 2.68. The lowest BCUT2D eigenvalue weighted by molar-refractivity contribution is 0.886. The molecule has 0 radical (unpaired) electrons. The van der Waals surface area contributed by atoms with E-state index in [0.717, 1.165) is 0 Å². The Morgan fingerprint density at radius 2 is 1.88 bits per heavy atom. The van der Waals surface area contributed by atoms with Crippen LogP contribution >= 0.6 is 0 Å². The molecule has 1 fully saturated rings. The molecule has 0 amide bonds. The van der Waals surface area contributed by atoms with Gasteiger partial charge in [-0.25, -0.2) is 0 Å². The molecule has 1 aliphatic carbocycles. The predicted octanol–water partition coefficient (Wildman–Crippen LogP) is 4.14. The van der Waals surface area contributed by atoms with Gasteiger partial charge in [0, 0.05) is 24.1 Å². The first-order valence-electron chi connectivity index (χ1n) is 6.08. The molecule has 1 aliphatic rings. The number of aromatic nitrogens is 1. The zero-order valence-corrected chi connectivity index (χ0v) is 9.74. The van der Waals surface area contributed by atoms with Crippen molar-refractivity contribution in [2.24, 2.45) is 7.05 Å². The quantitative estimate of drug-likeness (QED) is 0.668. The molecule has 1 aromatic carbocycles. The Balaban J connectivity index is 2.13. The number of allylic oxidation sites excluding steroid dienone is 1. The predicted molar refractivity (Wildman–Crippen MR) is 69.4 cm³/mol. The second kappa shape index (κ2) is 3.82. The molecule has 1 heteroatoms. The van der Waals surface area contributed by atoms with Crippen LogP contribution in [0, 0.1) is 0 Å². The van der Waals surface area contributed by atoms with Gasteiger partial charge < -0.3 is 4.57 Å². The van der Waals surface area contributed by atoms with E-state index >= 15 is 0 Å². The molecule has 0 saturated heterocycles. The van der Waals surface area contributed by atoms with Gasteiger partial charge in [0.1, 0.15) is 0 Å². The Labute approximate surface area is 96.4 Å². The van der Waals surface area contributed by atoms with Crippen molar-refractivity contribution in [2.75, 3.05) is 0 Å². The molecule has 82 valence electrons. The number of benzene rings is 1. The zero-order valence-electron chi connectivity index (χ0n) is 9.74. The van der Waals surface area contributed by atoms with Gasteiger partial charge >= 0.3 is 0 Å². The highest BCUT2D eigenvalue weighted by atomic mass is 14.9. The summed E-state index contributed by atoms with van der Waals surface area (Å²) < 4.78 is 2.22. The van der Waals surface area contributed by atoms with Crippen LogP contribution in [0.2, 0.25) is 0 Å². The first-order chi connectivity index (χ1) is 7.84. The summed E-state index contributed by atoms with van der Waals surface area (Å²) in [4.78, 5) is 0. The number of hydrogen-bond acceptors (Lipinski definition) is 0. The Hall–Kier alpha value is -1.50. The monoisotopic (exact) mass is 211 g/mol. The summed E-state index contributed by atoms with van der Waals surface area (Å²) in [5, 5.41) is 1.38. The second-order valence-corrected chi connectivity index (χ2v) is 4.72. The van der Waals surface area contributed by atoms with Crippen molar-refractivity contribution in [1.82, 2.24) is 4.57 Å². The molecule has 1 heterocycles. The molecule has 0 aliphatic heterocycles. The number of rotatable bonds is 1. The van der Waals surface area contributed by atoms with Crippen molar-refractivity contribution in [3.8, 4) is 0 Å². The maximum absolute atomic E-state index is 2.40. The molecule has 3 rings (SSSR count). The van der Waals surface area contributed by atoms with Crippen molar-refractivity contribution in [2.45, 2.75) is 25.7 Å². The van der Waals surface area contributed by atoms with E-state index in [1.54, 1.807) is 5.57 Å². The third-order valence-electron chi connectivity index (χ3n) is 3.53. The number of fused-ring (bicyclic) bond motifs is 1. The van der Waals surface area contributed by atoms with Gasteiger partial charge in [-0.05, 0) is 37.3 Å². The van der Waals surface area contributed by atoms with Crippen LogP contribution in [-0.2, 0) is 7.05 Å². The third-order valence-corrected chi connectivity index (χ3v) is 3.53. The summed E-state index contributed by atoms with van der Waals surface area (Å²) in [6.07, 6.45) is 9.98. The van der Waals surface area contributed by atoms with Gasteiger partial charge in [0.2, 0.25) is 0 Å². The summed E-state index contributed by atoms with van der Waals surface area (Å²) >= 11 is 0. The Bertz CT molecular complexity index is 538. The molecule has 2 aromatic rings. The number of nitrogens with zero attached hydrogens (tertiary/aromatic N) is 1. The summed E-state index contributed by atoms with van der Waals surface area (Å²) in [5.41, 5.74) is 4.33. The lowest BCUT2D eigenvalue weighted by Gasteiger charge is -1.95. The van der Waals surface area contributed by atoms with E-state index in [9.17, 15) is 0 Å². The third kappa shape index (κ3) is 1.57. The molecule has 0 unspecified atom stereocenters. The summed E-state index contributed by atoms with van der Waals surface area (Å²) in [5.74, 6) is 0. The van der Waals surface area contributed by atoms with E-state index in [2.05, 4.69) is 48.2 Å². The molecule has 0 bridgehead atoms. The van der Waals surface area contributed by atoms with Crippen molar-refractivity contribution in [3.05, 3.63) is 41.6 Å². The molecule has 1 saturated carbocycles. The minimum atomic E-state index is 1.29. The minimum Gasteiger partial charge on any atom is -0.350 e. The van der Waals surface area contributed by atoms with E-state index in [-0.39, 0.29) is 0 Å². The van der Waals surface area contributed by atoms with Crippen LogP contribution < -0.4 is 0 Å². The zero-order chi connectivity index (χ0) is 11.0. The smallest absolute Gasteiger partial charge is 0.0483 e. The fourth-order valence-corrected chi connectivity index (χ4v) is 2.68. The number of hydrogen-bond donors (Lipinski definition) is 0. The van der Waals surface area contributed by atoms with Crippen LogP contribution in [0.4, 0.5) is 0 Å². The van der Waals surface area contributed by atoms with Crippen LogP contribution in [0.25, 0.3) is 17.0 Å². The van der Waals surface area contributed by atoms with Gasteiger partial charge in [-0.15, -0.1) is 0 Å². The minimum absolute atomic E-state index is 1.29. The van der Waals surface area contributed by atoms with E-state index in [0.29, 0.717) is 0 Å². The highest BCUT2D eigenvalue weighted by molar-refractivity contribution is 5.89. The Morgan fingerprint density at radius 3 is 2.69 bits per heavy atom. The van der Waals surface area contributed by atoms with Crippen molar-refractivity contribution in [1.29, 1.82) is 0 Å². The molecule has 0 atom stereocenters. The van der Waals surface area contributed by atoms with Gasteiger partial charge in [0.05, 0.1) is 0 Å². The van der Waals surface area contributed by atoms with E-state index < -0.39 is 0 Å². The summed E-state index contributed by atoms with van der Waals surface area (Å²) in [6, 6.07) is 8.64. The SMILES string of the molecule is Cn1cc(C=C2CCCC2)c2ccccc21. The molecule has 0 spiro atoms. The molecule has 16 heavy (non-hydrogen) atoms. The van der Waals surface area contributed by atoms with Crippen LogP contribution in [-0.4, -0.2) is 4.57 Å². The number of aryl methyl sites for hydroxylation is 1. The van der Waals surface area contributed by atoms with Crippen LogP contribution in [0.3, 0.4) is 0 Å². The van der Waals surface area contributed by atoms with Crippen molar-refractivity contribution < 1.29 is 0 Å². The van der Waals surface area contributed by atoms with Crippen molar-refractivity contribution >= 4 is 17.0 Å². The lowest BCUT2D eigenvalue weighted by atomic mass is 10.1. The Morgan fingerprint density at radius 1 is 1.12 bits per heavy atom. The highest BCUT2D eigenvalue weighted by Crippen LogP contribution is 2.29.